The van der Waals surface area contributed by atoms with Gasteiger partial charge in [0.1, 0.15) is 5.75 Å². The first-order valence-electron chi connectivity index (χ1n) is 6.17. The lowest BCUT2D eigenvalue weighted by atomic mass is 10.1. The van der Waals surface area contributed by atoms with E-state index in [9.17, 15) is 0 Å². The van der Waals surface area contributed by atoms with Crippen LogP contribution in [-0.2, 0) is 0 Å². The average molecular weight is 273 g/mol. The van der Waals surface area contributed by atoms with Crippen LogP contribution in [0.15, 0.2) is 24.4 Å². The van der Waals surface area contributed by atoms with Crippen molar-refractivity contribution in [3.05, 3.63) is 29.3 Å². The van der Waals surface area contributed by atoms with E-state index in [4.69, 9.17) is 10.5 Å². The summed E-state index contributed by atoms with van der Waals surface area (Å²) in [6.07, 6.45) is 1.97. The second-order valence-corrected chi connectivity index (χ2v) is 5.51. The Balaban J connectivity index is 2.27. The summed E-state index contributed by atoms with van der Waals surface area (Å²) in [5.41, 5.74) is 8.82. The molecule has 3 N–H and O–H groups in total. The summed E-state index contributed by atoms with van der Waals surface area (Å²) in [5.74, 6) is 0.877. The van der Waals surface area contributed by atoms with E-state index in [0.29, 0.717) is 11.7 Å². The number of nitrogens with one attached hydrogen (secondary N) is 1. The minimum atomic E-state index is 0.593. The standard InChI is InChI=1S/C14H15N3OS/c1-3-18-11-6-4-5-10-12(11)9(7-16-10)13-8(2)19-14(15)17-13/h4-7,16H,3H2,1-2H3,(H2,15,17). The highest BCUT2D eigenvalue weighted by atomic mass is 32.1. The van der Waals surface area contributed by atoms with Gasteiger partial charge in [0, 0.05) is 22.2 Å². The molecule has 0 unspecified atom stereocenters. The lowest BCUT2D eigenvalue weighted by Gasteiger charge is -2.06. The number of benzene rings is 1. The topological polar surface area (TPSA) is 63.9 Å². The van der Waals surface area contributed by atoms with Gasteiger partial charge in [-0.05, 0) is 26.0 Å². The number of hydrogen-bond acceptors (Lipinski definition) is 4. The van der Waals surface area contributed by atoms with Crippen molar-refractivity contribution in [2.75, 3.05) is 12.3 Å². The molecule has 0 fully saturated rings. The van der Waals surface area contributed by atoms with Crippen molar-refractivity contribution in [1.29, 1.82) is 0 Å². The number of aromatic nitrogens is 2. The van der Waals surface area contributed by atoms with E-state index >= 15 is 0 Å². The van der Waals surface area contributed by atoms with Crippen LogP contribution < -0.4 is 10.5 Å². The van der Waals surface area contributed by atoms with Gasteiger partial charge in [-0.2, -0.15) is 0 Å². The van der Waals surface area contributed by atoms with E-state index < -0.39 is 0 Å². The molecule has 0 saturated heterocycles. The molecule has 0 bridgehead atoms. The van der Waals surface area contributed by atoms with Crippen molar-refractivity contribution in [2.45, 2.75) is 13.8 Å². The fraction of sp³-hybridized carbons (Fsp3) is 0.214. The van der Waals surface area contributed by atoms with Crippen molar-refractivity contribution >= 4 is 27.4 Å². The summed E-state index contributed by atoms with van der Waals surface area (Å²) in [6.45, 7) is 4.66. The summed E-state index contributed by atoms with van der Waals surface area (Å²) in [7, 11) is 0. The van der Waals surface area contributed by atoms with Crippen molar-refractivity contribution in [2.24, 2.45) is 0 Å². The predicted octanol–water partition coefficient (Wildman–Crippen LogP) is 3.58. The number of nitrogen functional groups attached to an aromatic ring is 1. The third kappa shape index (κ3) is 1.96. The van der Waals surface area contributed by atoms with E-state index in [-0.39, 0.29) is 0 Å². The molecule has 0 amide bonds. The quantitative estimate of drug-likeness (QED) is 0.766. The molecule has 0 radical (unpaired) electrons. The molecule has 0 aliphatic carbocycles. The lowest BCUT2D eigenvalue weighted by Crippen LogP contribution is -1.92. The van der Waals surface area contributed by atoms with Gasteiger partial charge >= 0.3 is 0 Å². The molecule has 4 nitrogen and oxygen atoms in total. The number of aromatic amines is 1. The molecule has 0 spiro atoms. The Kier molecular flexibility index (Phi) is 2.91. The van der Waals surface area contributed by atoms with E-state index in [1.807, 2.05) is 38.2 Å². The maximum Gasteiger partial charge on any atom is 0.180 e. The Bertz CT molecular complexity index is 729. The Morgan fingerprint density at radius 3 is 2.95 bits per heavy atom. The molecule has 0 saturated carbocycles. The van der Waals surface area contributed by atoms with Gasteiger partial charge in [0.25, 0.3) is 0 Å². The predicted molar refractivity (Wildman–Crippen MR) is 79.7 cm³/mol. The number of aryl methyl sites for hydroxylation is 1. The maximum absolute atomic E-state index is 5.79. The van der Waals surface area contributed by atoms with Gasteiger partial charge in [-0.15, -0.1) is 11.3 Å². The van der Waals surface area contributed by atoms with Gasteiger partial charge in [0.15, 0.2) is 5.13 Å². The number of thiazole rings is 1. The molecule has 0 atom stereocenters. The number of rotatable bonds is 3. The van der Waals surface area contributed by atoms with Crippen LogP contribution >= 0.6 is 11.3 Å². The van der Waals surface area contributed by atoms with Gasteiger partial charge in [-0.25, -0.2) is 4.98 Å². The smallest absolute Gasteiger partial charge is 0.180 e. The second kappa shape index (κ2) is 4.59. The molecule has 3 rings (SSSR count). The minimum absolute atomic E-state index is 0.593. The first kappa shape index (κ1) is 12.0. The zero-order chi connectivity index (χ0) is 13.4. The summed E-state index contributed by atoms with van der Waals surface area (Å²) >= 11 is 1.51. The summed E-state index contributed by atoms with van der Waals surface area (Å²) in [5, 5.41) is 1.66. The van der Waals surface area contributed by atoms with Crippen LogP contribution in [0, 0.1) is 6.92 Å². The lowest BCUT2D eigenvalue weighted by molar-refractivity contribution is 0.344. The number of H-pyrrole nitrogens is 1. The van der Waals surface area contributed by atoms with Gasteiger partial charge in [-0.1, -0.05) is 6.07 Å². The highest BCUT2D eigenvalue weighted by Crippen LogP contribution is 2.38. The Labute approximate surface area is 115 Å². The molecule has 2 aromatic heterocycles. The maximum atomic E-state index is 5.79. The average Bonchev–Trinajstić information content (AvgIpc) is 2.93. The summed E-state index contributed by atoms with van der Waals surface area (Å²) in [6, 6.07) is 6.00. The molecular formula is C14H15N3OS. The van der Waals surface area contributed by atoms with Crippen LogP contribution in [0.2, 0.25) is 0 Å². The van der Waals surface area contributed by atoms with Crippen LogP contribution in [0.5, 0.6) is 5.75 Å². The van der Waals surface area contributed by atoms with E-state index in [2.05, 4.69) is 9.97 Å². The highest BCUT2D eigenvalue weighted by molar-refractivity contribution is 7.15. The molecule has 0 aliphatic rings. The number of nitrogens with zero attached hydrogens (tertiary/aromatic N) is 1. The van der Waals surface area contributed by atoms with Gasteiger partial charge < -0.3 is 15.5 Å². The van der Waals surface area contributed by atoms with Gasteiger partial charge in [0.2, 0.25) is 0 Å². The normalized spacial score (nSPS) is 11.1. The second-order valence-electron chi connectivity index (χ2n) is 4.27. The van der Waals surface area contributed by atoms with E-state index in [1.165, 1.54) is 11.3 Å². The van der Waals surface area contributed by atoms with E-state index in [0.717, 1.165) is 32.8 Å². The Morgan fingerprint density at radius 2 is 2.26 bits per heavy atom. The van der Waals surface area contributed by atoms with Crippen LogP contribution in [0.4, 0.5) is 5.13 Å². The fourth-order valence-corrected chi connectivity index (χ4v) is 2.98. The molecule has 0 aliphatic heterocycles. The number of ether oxygens (including phenoxy) is 1. The first-order valence-corrected chi connectivity index (χ1v) is 6.98. The molecule has 3 aromatic rings. The van der Waals surface area contributed by atoms with Crippen molar-refractivity contribution in [3.8, 4) is 17.0 Å². The third-order valence-electron chi connectivity index (χ3n) is 3.04. The largest absolute Gasteiger partial charge is 0.493 e. The molecule has 2 heterocycles. The molecule has 1 aromatic carbocycles. The minimum Gasteiger partial charge on any atom is -0.493 e. The van der Waals surface area contributed by atoms with Crippen molar-refractivity contribution < 1.29 is 4.74 Å². The zero-order valence-electron chi connectivity index (χ0n) is 10.9. The third-order valence-corrected chi connectivity index (χ3v) is 3.84. The number of hydrogen-bond donors (Lipinski definition) is 2. The SMILES string of the molecule is CCOc1cccc2[nH]cc(-c3nc(N)sc3C)c12. The van der Waals surface area contributed by atoms with Gasteiger partial charge in [-0.3, -0.25) is 0 Å². The summed E-state index contributed by atoms with van der Waals surface area (Å²) < 4.78 is 5.71. The fourth-order valence-electron chi connectivity index (χ4n) is 2.28. The Hall–Kier alpha value is -2.01. The highest BCUT2D eigenvalue weighted by Gasteiger charge is 2.15. The molecule has 5 heteroatoms. The van der Waals surface area contributed by atoms with Crippen LogP contribution in [-0.4, -0.2) is 16.6 Å². The van der Waals surface area contributed by atoms with Gasteiger partial charge in [0.05, 0.1) is 17.7 Å². The van der Waals surface area contributed by atoms with E-state index in [1.54, 1.807) is 0 Å². The molecule has 19 heavy (non-hydrogen) atoms. The number of anilines is 1. The monoisotopic (exact) mass is 273 g/mol. The first-order chi connectivity index (χ1) is 9.20. The number of nitrogens with two attached hydrogens (primary N) is 1. The van der Waals surface area contributed by atoms with Crippen molar-refractivity contribution in [3.63, 3.8) is 0 Å². The van der Waals surface area contributed by atoms with Crippen LogP contribution in [0.1, 0.15) is 11.8 Å². The number of fused-ring (bicyclic) bond motifs is 1. The van der Waals surface area contributed by atoms with Crippen LogP contribution in [0.3, 0.4) is 0 Å². The van der Waals surface area contributed by atoms with Crippen LogP contribution in [0.25, 0.3) is 22.2 Å². The summed E-state index contributed by atoms with van der Waals surface area (Å²) in [4.78, 5) is 8.81. The Morgan fingerprint density at radius 1 is 1.42 bits per heavy atom. The molecule has 98 valence electrons. The zero-order valence-corrected chi connectivity index (χ0v) is 11.7. The molecular weight excluding hydrogens is 258 g/mol. The van der Waals surface area contributed by atoms with Crippen molar-refractivity contribution in [1.82, 2.24) is 9.97 Å².